The van der Waals surface area contributed by atoms with Crippen LogP contribution >= 0.6 is 0 Å². The van der Waals surface area contributed by atoms with Crippen LogP contribution in [0.5, 0.6) is 0 Å². The molecule has 19 heavy (non-hydrogen) atoms. The Morgan fingerprint density at radius 2 is 2.00 bits per heavy atom. The molecule has 0 saturated heterocycles. The lowest BCUT2D eigenvalue weighted by molar-refractivity contribution is 0.0695. The van der Waals surface area contributed by atoms with E-state index in [0.717, 1.165) is 6.20 Å². The van der Waals surface area contributed by atoms with Gasteiger partial charge in [-0.3, -0.25) is 14.7 Å². The van der Waals surface area contributed by atoms with E-state index in [1.54, 1.807) is 26.1 Å². The van der Waals surface area contributed by atoms with Crippen LogP contribution in [0.3, 0.4) is 0 Å². The van der Waals surface area contributed by atoms with Crippen molar-refractivity contribution < 1.29 is 19.1 Å². The van der Waals surface area contributed by atoms with Gasteiger partial charge < -0.3 is 9.52 Å². The molecule has 0 atom stereocenters. The van der Waals surface area contributed by atoms with Crippen molar-refractivity contribution in [1.82, 2.24) is 4.98 Å². The molecule has 98 valence electrons. The van der Waals surface area contributed by atoms with Crippen LogP contribution in [-0.4, -0.2) is 29.0 Å². The molecule has 2 heterocycles. The first-order valence-electron chi connectivity index (χ1n) is 5.53. The Hall–Kier alpha value is -2.63. The minimum atomic E-state index is -1.08. The summed E-state index contributed by atoms with van der Waals surface area (Å²) in [6.07, 6.45) is 1.15. The maximum absolute atomic E-state index is 12.1. The number of carbonyl (C=O) groups is 2. The Kier molecular flexibility index (Phi) is 3.33. The summed E-state index contributed by atoms with van der Waals surface area (Å²) in [6, 6.07) is 6.14. The predicted molar refractivity (Wildman–Crippen MR) is 67.4 cm³/mol. The first kappa shape index (κ1) is 12.8. The average Bonchev–Trinajstić information content (AvgIpc) is 2.84. The van der Waals surface area contributed by atoms with Crippen molar-refractivity contribution in [2.75, 3.05) is 11.9 Å². The molecular formula is C13H12N2O4. The molecule has 0 radical (unpaired) electrons. The number of aryl methyl sites for hydroxylation is 1. The summed E-state index contributed by atoms with van der Waals surface area (Å²) in [5.41, 5.74) is 0.189. The summed E-state index contributed by atoms with van der Waals surface area (Å²) in [5.74, 6) is -0.344. The lowest BCUT2D eigenvalue weighted by Crippen LogP contribution is -2.26. The Bertz CT molecular complexity index is 616. The third kappa shape index (κ3) is 2.62. The number of nitrogens with zero attached hydrogens (tertiary/aromatic N) is 2. The zero-order chi connectivity index (χ0) is 14.0. The van der Waals surface area contributed by atoms with E-state index in [4.69, 9.17) is 9.52 Å². The number of pyridine rings is 1. The zero-order valence-electron chi connectivity index (χ0n) is 10.5. The summed E-state index contributed by atoms with van der Waals surface area (Å²) < 4.78 is 5.33. The van der Waals surface area contributed by atoms with E-state index in [2.05, 4.69) is 4.98 Å². The van der Waals surface area contributed by atoms with Gasteiger partial charge in [-0.05, 0) is 25.1 Å². The van der Waals surface area contributed by atoms with Crippen LogP contribution in [0, 0.1) is 6.92 Å². The van der Waals surface area contributed by atoms with Gasteiger partial charge in [0.15, 0.2) is 0 Å². The second-order valence-electron chi connectivity index (χ2n) is 3.99. The highest BCUT2D eigenvalue weighted by Gasteiger charge is 2.17. The molecule has 1 N–H and O–H groups in total. The van der Waals surface area contributed by atoms with Crippen LogP contribution in [-0.2, 0) is 0 Å². The minimum absolute atomic E-state index is 0.0352. The van der Waals surface area contributed by atoms with Gasteiger partial charge in [0.2, 0.25) is 5.88 Å². The number of carbonyl (C=O) groups excluding carboxylic acids is 1. The van der Waals surface area contributed by atoms with Gasteiger partial charge in [0.1, 0.15) is 11.5 Å². The molecule has 2 aromatic rings. The number of aromatic nitrogens is 1. The molecule has 0 aliphatic rings. The number of anilines is 1. The van der Waals surface area contributed by atoms with Gasteiger partial charge in [0, 0.05) is 19.3 Å². The van der Waals surface area contributed by atoms with Gasteiger partial charge in [-0.15, -0.1) is 0 Å². The number of amides is 1. The first-order chi connectivity index (χ1) is 8.99. The van der Waals surface area contributed by atoms with Crippen molar-refractivity contribution in [3.05, 3.63) is 47.5 Å². The lowest BCUT2D eigenvalue weighted by Gasteiger charge is -2.13. The zero-order valence-corrected chi connectivity index (χ0v) is 10.5. The quantitative estimate of drug-likeness (QED) is 0.911. The predicted octanol–water partition coefficient (Wildman–Crippen LogP) is 1.96. The molecule has 0 unspecified atom stereocenters. The van der Waals surface area contributed by atoms with Crippen LogP contribution in [0.2, 0.25) is 0 Å². The molecule has 0 aliphatic heterocycles. The van der Waals surface area contributed by atoms with Gasteiger partial charge >= 0.3 is 5.97 Å². The minimum Gasteiger partial charge on any atom is -0.478 e. The Labute approximate surface area is 109 Å². The van der Waals surface area contributed by atoms with Gasteiger partial charge in [0.25, 0.3) is 5.91 Å². The highest BCUT2D eigenvalue weighted by molar-refractivity contribution is 6.03. The van der Waals surface area contributed by atoms with Crippen LogP contribution < -0.4 is 4.90 Å². The van der Waals surface area contributed by atoms with Crippen LogP contribution in [0.25, 0.3) is 0 Å². The average molecular weight is 260 g/mol. The largest absolute Gasteiger partial charge is 0.478 e. The van der Waals surface area contributed by atoms with E-state index in [1.165, 1.54) is 17.0 Å². The molecule has 2 aromatic heterocycles. The number of carboxylic acids is 1. The number of rotatable bonds is 3. The van der Waals surface area contributed by atoms with E-state index in [-0.39, 0.29) is 17.2 Å². The molecule has 0 fully saturated rings. The van der Waals surface area contributed by atoms with E-state index in [0.29, 0.717) is 11.6 Å². The number of hydrogen-bond acceptors (Lipinski definition) is 4. The van der Waals surface area contributed by atoms with Gasteiger partial charge in [-0.1, -0.05) is 0 Å². The second kappa shape index (κ2) is 4.93. The summed E-state index contributed by atoms with van der Waals surface area (Å²) in [6.45, 7) is 1.78. The first-order valence-corrected chi connectivity index (χ1v) is 5.53. The Morgan fingerprint density at radius 1 is 1.26 bits per heavy atom. The molecule has 1 amide bonds. The topological polar surface area (TPSA) is 83.6 Å². The van der Waals surface area contributed by atoms with E-state index in [1.807, 2.05) is 0 Å². The van der Waals surface area contributed by atoms with Crippen LogP contribution in [0.4, 0.5) is 5.88 Å². The number of furan rings is 1. The maximum atomic E-state index is 12.1. The van der Waals surface area contributed by atoms with Gasteiger partial charge in [-0.2, -0.15) is 0 Å². The summed E-state index contributed by atoms with van der Waals surface area (Å²) in [7, 11) is 1.56. The fraction of sp³-hybridized carbons (Fsp3) is 0.154. The molecule has 6 nitrogen and oxygen atoms in total. The summed E-state index contributed by atoms with van der Waals surface area (Å²) in [4.78, 5) is 27.9. The smallest absolute Gasteiger partial charge is 0.337 e. The monoisotopic (exact) mass is 260 g/mol. The Balaban J connectivity index is 2.21. The highest BCUT2D eigenvalue weighted by atomic mass is 16.4. The summed E-state index contributed by atoms with van der Waals surface area (Å²) in [5, 5.41) is 8.75. The standard InChI is InChI=1S/C13H12N2O4/c1-8-3-6-11(19-8)15(2)12(16)10-5-4-9(7-14-10)13(17)18/h3-7H,1-2H3,(H,17,18). The normalized spacial score (nSPS) is 10.2. The molecule has 0 aromatic carbocycles. The van der Waals surface area contributed by atoms with Crippen molar-refractivity contribution in [3.8, 4) is 0 Å². The SMILES string of the molecule is Cc1ccc(N(C)C(=O)c2ccc(C(=O)O)cn2)o1. The van der Waals surface area contributed by atoms with Crippen LogP contribution in [0.1, 0.15) is 26.6 Å². The highest BCUT2D eigenvalue weighted by Crippen LogP contribution is 2.18. The van der Waals surface area contributed by atoms with Crippen molar-refractivity contribution in [2.24, 2.45) is 0 Å². The molecule has 0 aliphatic carbocycles. The van der Waals surface area contributed by atoms with E-state index in [9.17, 15) is 9.59 Å². The molecule has 6 heteroatoms. The van der Waals surface area contributed by atoms with Crippen molar-refractivity contribution >= 4 is 17.8 Å². The van der Waals surface area contributed by atoms with Crippen LogP contribution in [0.15, 0.2) is 34.9 Å². The van der Waals surface area contributed by atoms with Crippen molar-refractivity contribution in [1.29, 1.82) is 0 Å². The molecule has 2 rings (SSSR count). The molecule has 0 bridgehead atoms. The summed E-state index contributed by atoms with van der Waals surface area (Å²) >= 11 is 0. The van der Waals surface area contributed by atoms with E-state index < -0.39 is 5.97 Å². The third-order valence-corrected chi connectivity index (χ3v) is 2.59. The molecule has 0 spiro atoms. The number of aromatic carboxylic acids is 1. The number of carboxylic acid groups (broad SMARTS) is 1. The molecular weight excluding hydrogens is 248 g/mol. The van der Waals surface area contributed by atoms with Gasteiger partial charge in [0.05, 0.1) is 5.56 Å². The van der Waals surface area contributed by atoms with E-state index >= 15 is 0 Å². The Morgan fingerprint density at radius 3 is 2.47 bits per heavy atom. The second-order valence-corrected chi connectivity index (χ2v) is 3.99. The third-order valence-electron chi connectivity index (χ3n) is 2.59. The fourth-order valence-electron chi connectivity index (χ4n) is 1.52. The number of hydrogen-bond donors (Lipinski definition) is 1. The van der Waals surface area contributed by atoms with Gasteiger partial charge in [-0.25, -0.2) is 4.79 Å². The molecule has 0 saturated carbocycles. The lowest BCUT2D eigenvalue weighted by atomic mass is 10.2. The van der Waals surface area contributed by atoms with Crippen molar-refractivity contribution in [2.45, 2.75) is 6.92 Å². The van der Waals surface area contributed by atoms with Crippen molar-refractivity contribution in [3.63, 3.8) is 0 Å². The fourth-order valence-corrected chi connectivity index (χ4v) is 1.52. The maximum Gasteiger partial charge on any atom is 0.337 e.